The molecule has 37 heteroatoms. The molecular weight excluding hydrogens is 1440 g/mol. The van der Waals surface area contributed by atoms with Gasteiger partial charge in [-0.1, -0.05) is 160 Å². The quantitative estimate of drug-likeness (QED) is 0.0146. The summed E-state index contributed by atoms with van der Waals surface area (Å²) in [7, 11) is -18.0. The average molecular weight is 1570 g/mol. The molecule has 0 aliphatic carbocycles. The minimum Gasteiger partial charge on any atom is -0.387 e. The van der Waals surface area contributed by atoms with Crippen LogP contribution in [0.3, 0.4) is 0 Å². The molecule has 6 heterocycles. The first kappa shape index (κ1) is 98.0. The first-order valence-corrected chi connectivity index (χ1v) is 44.7. The predicted octanol–water partition coefficient (Wildman–Crippen LogP) is 12.5. The van der Waals surface area contributed by atoms with E-state index in [-0.39, 0.29) is 34.0 Å². The van der Waals surface area contributed by atoms with Gasteiger partial charge in [-0.15, -0.1) is 0 Å². The first-order chi connectivity index (χ1) is 50.1. The second kappa shape index (κ2) is 54.6. The van der Waals surface area contributed by atoms with Gasteiger partial charge in [-0.25, -0.2) is 52.2 Å². The third-order valence-electron chi connectivity index (χ3n) is 17.4. The number of unbranched alkanes of at least 4 members (excludes halogenated alkanes) is 12. The molecule has 0 bridgehead atoms. The van der Waals surface area contributed by atoms with Crippen LogP contribution in [0.5, 0.6) is 0 Å². The number of aliphatic hydroxyl groups excluding tert-OH is 4. The van der Waals surface area contributed by atoms with Crippen molar-refractivity contribution in [2.75, 3.05) is 103 Å². The largest absolute Gasteiger partial charge is 0.487 e. The number of phosphoric acid groups is 3. The molecule has 4 unspecified atom stereocenters. The maximum atomic E-state index is 12.6. The van der Waals surface area contributed by atoms with E-state index < -0.39 is 93.2 Å². The van der Waals surface area contributed by atoms with E-state index in [1.54, 1.807) is 0 Å². The lowest BCUT2D eigenvalue weighted by molar-refractivity contribution is -0.0503. The Morgan fingerprint density at radius 1 is 0.390 bits per heavy atom. The van der Waals surface area contributed by atoms with Crippen LogP contribution in [0.4, 0.5) is 11.6 Å². The number of hydrogen-bond donors (Lipinski definition) is 9. The molecule has 12 atom stereocenters. The van der Waals surface area contributed by atoms with Crippen molar-refractivity contribution in [1.29, 1.82) is 0 Å². The lowest BCUT2D eigenvalue weighted by Gasteiger charge is -2.23. The number of nitrogens with two attached hydrogens (primary N) is 2. The molecule has 608 valence electrons. The van der Waals surface area contributed by atoms with Gasteiger partial charge in [0.1, 0.15) is 60.3 Å². The van der Waals surface area contributed by atoms with E-state index >= 15 is 0 Å². The van der Waals surface area contributed by atoms with Crippen LogP contribution >= 0.6 is 30.9 Å². The third-order valence-corrected chi connectivity index (χ3v) is 23.4. The molecule has 2 aliphatic rings. The van der Waals surface area contributed by atoms with E-state index in [2.05, 4.69) is 155 Å². The summed E-state index contributed by atoms with van der Waals surface area (Å²) in [5, 5.41) is 41.9. The number of aromatic nitrogens is 8. The summed E-state index contributed by atoms with van der Waals surface area (Å²) in [5.41, 5.74) is 11.9. The van der Waals surface area contributed by atoms with Crippen molar-refractivity contribution in [2.24, 2.45) is 0 Å². The Morgan fingerprint density at radius 3 is 0.876 bits per heavy atom. The number of fused-ring (bicyclic) bond motifs is 2. The van der Waals surface area contributed by atoms with Crippen LogP contribution in [-0.2, 0) is 49.7 Å². The molecule has 2 aliphatic heterocycles. The second-order valence-electron chi connectivity index (χ2n) is 26.6. The van der Waals surface area contributed by atoms with E-state index in [1.165, 1.54) is 242 Å². The summed E-state index contributed by atoms with van der Waals surface area (Å²) >= 11 is 0. The van der Waals surface area contributed by atoms with Gasteiger partial charge in [-0.2, -0.15) is 4.31 Å². The van der Waals surface area contributed by atoms with E-state index in [4.69, 9.17) is 28.5 Å². The van der Waals surface area contributed by atoms with Crippen molar-refractivity contribution in [2.45, 2.75) is 286 Å². The highest BCUT2D eigenvalue weighted by Crippen LogP contribution is 2.71. The molecule has 11 N–H and O–H groups in total. The summed E-state index contributed by atoms with van der Waals surface area (Å²) < 4.78 is 84.6. The highest BCUT2D eigenvalue weighted by atomic mass is 31.3. The van der Waals surface area contributed by atoms with Gasteiger partial charge < -0.3 is 75.6 Å². The summed E-state index contributed by atoms with van der Waals surface area (Å²) in [4.78, 5) is 64.0. The molecule has 2 fully saturated rings. The fraction of sp³-hybridized carbons (Fsp3) is 0.853. The molecule has 0 aromatic carbocycles. The number of rotatable bonds is 50. The number of ether oxygens (including phenoxy) is 2. The Morgan fingerprint density at radius 2 is 0.629 bits per heavy atom. The van der Waals surface area contributed by atoms with Gasteiger partial charge in [0.05, 0.1) is 25.9 Å². The van der Waals surface area contributed by atoms with Gasteiger partial charge in [-0.05, 0) is 156 Å². The van der Waals surface area contributed by atoms with E-state index in [0.717, 1.165) is 25.3 Å². The molecule has 4 aromatic heterocycles. The Balaban J connectivity index is 0.000000578. The molecule has 105 heavy (non-hydrogen) atoms. The number of phosphoric ester groups is 2. The number of nitrogens with zero attached hydrogens (tertiary/aromatic N) is 12. The van der Waals surface area contributed by atoms with Crippen molar-refractivity contribution in [3.8, 4) is 0 Å². The van der Waals surface area contributed by atoms with Gasteiger partial charge in [0.15, 0.2) is 35.4 Å². The summed E-state index contributed by atoms with van der Waals surface area (Å²) in [6, 6.07) is 0. The Labute approximate surface area is 627 Å². The number of nitrogen functional groups attached to an aromatic ring is 2. The lowest BCUT2D eigenvalue weighted by Crippen LogP contribution is -2.33. The van der Waals surface area contributed by atoms with Crippen LogP contribution in [0, 0.1) is 0 Å². The topological polar surface area (TPSA) is 427 Å². The van der Waals surface area contributed by atoms with Crippen LogP contribution in [-0.4, -0.2) is 230 Å². The highest BCUT2D eigenvalue weighted by molar-refractivity contribution is 7.87. The van der Waals surface area contributed by atoms with Gasteiger partial charge in [0.25, 0.3) is 7.47 Å². The molecule has 0 saturated carbocycles. The van der Waals surface area contributed by atoms with E-state index in [9.17, 15) is 53.4 Å². The summed E-state index contributed by atoms with van der Waals surface area (Å²) in [5.74, 6) is -0.00771. The van der Waals surface area contributed by atoms with Gasteiger partial charge in [0, 0.05) is 0 Å². The Kier molecular flexibility index (Phi) is 51.0. The van der Waals surface area contributed by atoms with E-state index in [1.807, 2.05) is 0 Å². The summed E-state index contributed by atoms with van der Waals surface area (Å²) in [6.07, 6.45) is 24.0. The van der Waals surface area contributed by atoms with Gasteiger partial charge in [-0.3, -0.25) is 22.7 Å². The Bertz CT molecular complexity index is 2780. The molecule has 2 radical (unpaired) electrons. The van der Waals surface area contributed by atoms with Crippen LogP contribution in [0.2, 0.25) is 0 Å². The zero-order valence-corrected chi connectivity index (χ0v) is 68.9. The van der Waals surface area contributed by atoms with Crippen LogP contribution < -0.4 is 11.5 Å². The molecule has 4 aromatic rings. The lowest BCUT2D eigenvalue weighted by atomic mass is 10.1. The van der Waals surface area contributed by atoms with Crippen LogP contribution in [0.1, 0.15) is 250 Å². The predicted molar refractivity (Wildman–Crippen MR) is 414 cm³/mol. The van der Waals surface area contributed by atoms with Crippen LogP contribution in [0.25, 0.3) is 22.3 Å². The fourth-order valence-corrected chi connectivity index (χ4v) is 16.2. The number of hydrogen-bond acceptors (Lipinski definition) is 27. The average Bonchev–Trinajstić information content (AvgIpc) is 1.64. The minimum absolute atomic E-state index is 0.00238. The van der Waals surface area contributed by atoms with Crippen molar-refractivity contribution >= 4 is 72.5 Å². The van der Waals surface area contributed by atoms with Crippen molar-refractivity contribution in [3.63, 3.8) is 0 Å². The molecular formula is C68H135BN14O18P4. The van der Waals surface area contributed by atoms with Gasteiger partial charge in [0.2, 0.25) is 7.57 Å². The zero-order chi connectivity index (χ0) is 78.4. The molecule has 2 saturated heterocycles. The van der Waals surface area contributed by atoms with Crippen molar-refractivity contribution < 1.29 is 84.8 Å². The zero-order valence-electron chi connectivity index (χ0n) is 65.3. The molecule has 0 spiro atoms. The molecule has 32 nitrogen and oxygen atoms in total. The number of aliphatic hydroxyl groups is 4. The Hall–Kier alpha value is -3.04. The van der Waals surface area contributed by atoms with Gasteiger partial charge >= 0.3 is 23.5 Å². The maximum absolute atomic E-state index is 12.6. The monoisotopic (exact) mass is 1570 g/mol. The maximum Gasteiger partial charge on any atom is 0.487 e. The first-order valence-electron chi connectivity index (χ1n) is 38.6. The highest BCUT2D eigenvalue weighted by Gasteiger charge is 2.49. The standard InChI is InChI=1S/C20H27BN10O18P4.4C12H27N/c21-50(36,47-51(37,38)43-1-7-11(32)13(34)19(45-7)30-5-28-9-15(22)24-3-26-17(9)30)48-53(41,42)49-52(39,40)44-2-8-12(33)14(35)20(46-8)31-6-29-10-16(23)25-4-27-18(10)31;4*1-4-7-10-13(11-8-5-2)12-9-6-3/h3-8,11-14,19-20,32-35H,1-2H2,(H,37,38)(H,39,40)(H,41,42)(H2,22,24,26)(H2,23,25,27);4*4-12H2,1-3H3/t7-,8-,11-,12-,13-,14-,19-,20-,50?;;;;/m1..../s1. The van der Waals surface area contributed by atoms with Crippen molar-refractivity contribution in [3.05, 3.63) is 25.3 Å². The normalized spacial score (nSPS) is 21.1. The minimum atomic E-state index is -6.07. The SMILES string of the molecule is CCCCN(CCCC)CCCC.CCCCN(CCCC)CCCC.CCCCN(CCCC)CCCC.CCCCN(CCCC)CCCC.[B]P(=O)(OP(=O)(O)OC[C@H]1O[C@@H](n2cnc3c(N)ncnc32)[C@H](O)[C@@H]1O)OP(=O)(O)OP(=O)(O)OC[C@H]1O[C@@H](n2cnc3c(N)ncnc32)[C@H](O)[C@@H]1O. The van der Waals surface area contributed by atoms with Crippen molar-refractivity contribution in [1.82, 2.24) is 58.6 Å². The summed E-state index contributed by atoms with van der Waals surface area (Å²) in [6.45, 7) is 41.0. The molecule has 6 rings (SSSR count). The van der Waals surface area contributed by atoms with Crippen LogP contribution in [0.15, 0.2) is 25.3 Å². The number of imidazole rings is 2. The number of anilines is 2. The fourth-order valence-electron chi connectivity index (χ4n) is 11.1. The second-order valence-corrected chi connectivity index (χ2v) is 33.0. The third kappa shape index (κ3) is 38.2. The van der Waals surface area contributed by atoms with E-state index in [0.29, 0.717) is 0 Å². The smallest absolute Gasteiger partial charge is 0.387 e. The molecule has 0 amide bonds.